The van der Waals surface area contributed by atoms with Crippen molar-refractivity contribution in [2.75, 3.05) is 13.1 Å². The maximum Gasteiger partial charge on any atom is 0.217 e. The fraction of sp³-hybridized carbons (Fsp3) is 0.682. The number of amides is 1. The maximum absolute atomic E-state index is 12.2. The molecule has 2 bridgehead atoms. The van der Waals surface area contributed by atoms with Gasteiger partial charge in [-0.3, -0.25) is 9.69 Å². The van der Waals surface area contributed by atoms with Crippen LogP contribution in [0.4, 0.5) is 0 Å². The number of rotatable bonds is 3. The Labute approximate surface area is 164 Å². The zero-order chi connectivity index (χ0) is 19.3. The Kier molecular flexibility index (Phi) is 3.31. The number of hydrogen-bond acceptors (Lipinski definition) is 5. The first-order chi connectivity index (χ1) is 13.4. The quantitative estimate of drug-likeness (QED) is 0.735. The molecule has 2 saturated carbocycles. The number of ether oxygens (including phenoxy) is 1. The van der Waals surface area contributed by atoms with Crippen LogP contribution in [0.25, 0.3) is 0 Å². The van der Waals surface area contributed by atoms with Gasteiger partial charge in [0.2, 0.25) is 5.91 Å². The molecule has 2 heterocycles. The van der Waals surface area contributed by atoms with Crippen molar-refractivity contribution in [3.8, 4) is 11.5 Å². The number of carbonyl (C=O) groups is 1. The summed E-state index contributed by atoms with van der Waals surface area (Å²) in [6.07, 6.45) is 5.22. The second-order valence-electron chi connectivity index (χ2n) is 9.64. The molecule has 1 amide bonds. The highest BCUT2D eigenvalue weighted by Gasteiger charge is 2.73. The molecule has 5 aliphatic rings. The van der Waals surface area contributed by atoms with E-state index in [1.807, 2.05) is 6.07 Å². The Hall–Kier alpha value is -1.79. The molecule has 3 N–H and O–H groups in total. The van der Waals surface area contributed by atoms with E-state index in [4.69, 9.17) is 4.74 Å². The van der Waals surface area contributed by atoms with E-state index in [-0.39, 0.29) is 29.8 Å². The Morgan fingerprint density at radius 3 is 2.89 bits per heavy atom. The molecule has 6 heteroatoms. The number of nitrogens with zero attached hydrogens (tertiary/aromatic N) is 1. The van der Waals surface area contributed by atoms with E-state index < -0.39 is 11.0 Å². The van der Waals surface area contributed by atoms with Gasteiger partial charge < -0.3 is 20.3 Å². The Balaban J connectivity index is 1.52. The van der Waals surface area contributed by atoms with Crippen molar-refractivity contribution < 1.29 is 19.7 Å². The largest absolute Gasteiger partial charge is 0.504 e. The maximum atomic E-state index is 12.2. The van der Waals surface area contributed by atoms with E-state index in [1.54, 1.807) is 6.07 Å². The minimum atomic E-state index is -0.883. The minimum Gasteiger partial charge on any atom is -0.504 e. The number of carbonyl (C=O) groups excluding carboxylic acids is 1. The molecule has 6 rings (SSSR count). The fourth-order valence-corrected chi connectivity index (χ4v) is 6.89. The Morgan fingerprint density at radius 1 is 1.32 bits per heavy atom. The van der Waals surface area contributed by atoms with E-state index in [1.165, 1.54) is 25.3 Å². The summed E-state index contributed by atoms with van der Waals surface area (Å²) in [6, 6.07) is 3.66. The van der Waals surface area contributed by atoms with Gasteiger partial charge in [0.25, 0.3) is 0 Å². The van der Waals surface area contributed by atoms with E-state index in [0.29, 0.717) is 18.6 Å². The number of likely N-dealkylation sites (tertiary alicyclic amines) is 1. The van der Waals surface area contributed by atoms with Crippen LogP contribution in [0.2, 0.25) is 0 Å². The van der Waals surface area contributed by atoms with Crippen LogP contribution in [0.15, 0.2) is 12.1 Å². The zero-order valence-corrected chi connectivity index (χ0v) is 16.3. The zero-order valence-electron chi connectivity index (χ0n) is 16.3. The van der Waals surface area contributed by atoms with Gasteiger partial charge in [0.1, 0.15) is 6.10 Å². The predicted molar refractivity (Wildman–Crippen MR) is 102 cm³/mol. The molecule has 1 aromatic rings. The molecule has 5 atom stereocenters. The molecule has 150 valence electrons. The fourth-order valence-electron chi connectivity index (χ4n) is 6.89. The molecule has 0 aromatic heterocycles. The number of hydrogen-bond donors (Lipinski definition) is 3. The smallest absolute Gasteiger partial charge is 0.217 e. The third-order valence-corrected chi connectivity index (χ3v) is 8.15. The molecule has 1 saturated heterocycles. The number of nitrogens with one attached hydrogen (secondary N) is 1. The van der Waals surface area contributed by atoms with Crippen molar-refractivity contribution in [1.82, 2.24) is 10.2 Å². The van der Waals surface area contributed by atoms with Gasteiger partial charge in [-0.05, 0) is 62.6 Å². The molecule has 1 aromatic carbocycles. The van der Waals surface area contributed by atoms with E-state index >= 15 is 0 Å². The number of benzene rings is 1. The number of aromatic hydroxyl groups is 1. The van der Waals surface area contributed by atoms with Gasteiger partial charge in [0.15, 0.2) is 11.5 Å². The first-order valence-corrected chi connectivity index (χ1v) is 10.7. The molecule has 6 nitrogen and oxygen atoms in total. The monoisotopic (exact) mass is 384 g/mol. The summed E-state index contributed by atoms with van der Waals surface area (Å²) in [4.78, 5) is 14.4. The van der Waals surface area contributed by atoms with E-state index in [0.717, 1.165) is 37.4 Å². The van der Waals surface area contributed by atoms with Crippen molar-refractivity contribution >= 4 is 5.91 Å². The number of aliphatic hydroxyl groups is 1. The van der Waals surface area contributed by atoms with Crippen LogP contribution in [0.1, 0.15) is 50.2 Å². The van der Waals surface area contributed by atoms with Crippen LogP contribution in [-0.2, 0) is 16.6 Å². The first-order valence-electron chi connectivity index (χ1n) is 10.7. The van der Waals surface area contributed by atoms with Crippen LogP contribution in [0.5, 0.6) is 11.5 Å². The highest BCUT2D eigenvalue weighted by atomic mass is 16.5. The first kappa shape index (κ1) is 17.1. The average Bonchev–Trinajstić information content (AvgIpc) is 3.38. The summed E-state index contributed by atoms with van der Waals surface area (Å²) < 4.78 is 6.37. The molecular weight excluding hydrogens is 356 g/mol. The SMILES string of the molecule is CC(=O)N[C@@H]1CC[C@@]2(O)C3Cc4ccc(O)c5c4[C@@]2(CCN3CC2CC2)[C@H]1O5. The third-order valence-electron chi connectivity index (χ3n) is 8.15. The molecule has 1 spiro atoms. The Morgan fingerprint density at radius 2 is 2.14 bits per heavy atom. The summed E-state index contributed by atoms with van der Waals surface area (Å²) >= 11 is 0. The summed E-state index contributed by atoms with van der Waals surface area (Å²) in [6.45, 7) is 3.54. The molecule has 0 radical (unpaired) electrons. The van der Waals surface area contributed by atoms with Crippen LogP contribution in [-0.4, -0.2) is 57.9 Å². The van der Waals surface area contributed by atoms with Crippen LogP contribution in [0.3, 0.4) is 0 Å². The molecule has 1 unspecified atom stereocenters. The van der Waals surface area contributed by atoms with Crippen molar-refractivity contribution in [3.05, 3.63) is 23.3 Å². The van der Waals surface area contributed by atoms with Gasteiger partial charge in [-0.2, -0.15) is 0 Å². The topological polar surface area (TPSA) is 82.0 Å². The van der Waals surface area contributed by atoms with E-state index in [9.17, 15) is 15.0 Å². The molecule has 3 aliphatic carbocycles. The van der Waals surface area contributed by atoms with Crippen molar-refractivity contribution in [2.45, 2.75) is 74.7 Å². The second kappa shape index (κ2) is 5.42. The highest BCUT2D eigenvalue weighted by Crippen LogP contribution is 2.65. The number of phenols is 1. The summed E-state index contributed by atoms with van der Waals surface area (Å²) in [5.74, 6) is 1.38. The van der Waals surface area contributed by atoms with Gasteiger partial charge in [0.05, 0.1) is 17.1 Å². The lowest BCUT2D eigenvalue weighted by molar-refractivity contribution is -0.192. The van der Waals surface area contributed by atoms with Gasteiger partial charge in [-0.15, -0.1) is 0 Å². The van der Waals surface area contributed by atoms with Gasteiger partial charge in [0, 0.05) is 25.1 Å². The van der Waals surface area contributed by atoms with Crippen LogP contribution in [0, 0.1) is 5.92 Å². The molecule has 28 heavy (non-hydrogen) atoms. The van der Waals surface area contributed by atoms with E-state index in [2.05, 4.69) is 10.2 Å². The van der Waals surface area contributed by atoms with Crippen LogP contribution < -0.4 is 10.1 Å². The molecular formula is C22H28N2O4. The predicted octanol–water partition coefficient (Wildman–Crippen LogP) is 1.46. The lowest BCUT2D eigenvalue weighted by atomic mass is 9.48. The van der Waals surface area contributed by atoms with Crippen molar-refractivity contribution in [3.63, 3.8) is 0 Å². The second-order valence-corrected chi connectivity index (χ2v) is 9.64. The number of piperidine rings is 1. The average molecular weight is 384 g/mol. The van der Waals surface area contributed by atoms with Crippen LogP contribution >= 0.6 is 0 Å². The molecule has 2 aliphatic heterocycles. The number of phenolic OH excluding ortho intramolecular Hbond substituents is 1. The summed E-state index contributed by atoms with van der Waals surface area (Å²) in [5.41, 5.74) is 0.766. The normalized spacial score (nSPS) is 40.6. The standard InChI is InChI=1S/C22H28N2O4/c1-12(25)23-15-6-7-22(27)17-10-14-4-5-16(26)19-18(14)21(22,20(15)28-19)8-9-24(17)11-13-2-3-13/h4-5,13,15,17,20,26-27H,2-3,6-11H2,1H3,(H,23,25)/t15-,17?,20+,21+,22-/m1/s1. The lowest BCUT2D eigenvalue weighted by Gasteiger charge is -2.64. The van der Waals surface area contributed by atoms with Gasteiger partial charge in [-0.25, -0.2) is 0 Å². The summed E-state index contributed by atoms with van der Waals surface area (Å²) in [7, 11) is 0. The van der Waals surface area contributed by atoms with Gasteiger partial charge in [-0.1, -0.05) is 6.07 Å². The van der Waals surface area contributed by atoms with Crippen molar-refractivity contribution in [1.29, 1.82) is 0 Å². The minimum absolute atomic E-state index is 0.0747. The Bertz CT molecular complexity index is 868. The van der Waals surface area contributed by atoms with Crippen molar-refractivity contribution in [2.24, 2.45) is 5.92 Å². The highest BCUT2D eigenvalue weighted by molar-refractivity contribution is 5.73. The summed E-state index contributed by atoms with van der Waals surface area (Å²) in [5, 5.41) is 25.8. The lowest BCUT2D eigenvalue weighted by Crippen LogP contribution is -2.78. The van der Waals surface area contributed by atoms with Gasteiger partial charge >= 0.3 is 0 Å². The third kappa shape index (κ3) is 1.98. The molecule has 3 fully saturated rings.